The topological polar surface area (TPSA) is 15.3 Å². The summed E-state index contributed by atoms with van der Waals surface area (Å²) >= 11 is 5.74. The van der Waals surface area contributed by atoms with Crippen LogP contribution in [0.5, 0.6) is 0 Å². The Morgan fingerprint density at radius 3 is 2.81 bits per heavy atom. The molecule has 2 nitrogen and oxygen atoms in total. The SMILES string of the molecule is CC(=CCl)CN1CC(CC(C)C)NCC1C. The van der Waals surface area contributed by atoms with Gasteiger partial charge in [-0.1, -0.05) is 25.4 Å². The Kier molecular flexibility index (Phi) is 5.81. The number of halogens is 1. The van der Waals surface area contributed by atoms with Crippen molar-refractivity contribution in [3.8, 4) is 0 Å². The second kappa shape index (κ2) is 6.63. The highest BCUT2D eigenvalue weighted by molar-refractivity contribution is 6.25. The second-order valence-electron chi connectivity index (χ2n) is 5.47. The third-order valence-electron chi connectivity index (χ3n) is 3.17. The first kappa shape index (κ1) is 14.0. The average Bonchev–Trinajstić information content (AvgIpc) is 2.22. The van der Waals surface area contributed by atoms with Crippen molar-refractivity contribution in [2.24, 2.45) is 5.92 Å². The highest BCUT2D eigenvalue weighted by atomic mass is 35.5. The lowest BCUT2D eigenvalue weighted by molar-refractivity contribution is 0.143. The van der Waals surface area contributed by atoms with E-state index >= 15 is 0 Å². The molecule has 0 aromatic carbocycles. The first-order valence-electron chi connectivity index (χ1n) is 6.26. The second-order valence-corrected chi connectivity index (χ2v) is 5.69. The smallest absolute Gasteiger partial charge is 0.0205 e. The van der Waals surface area contributed by atoms with Gasteiger partial charge in [0.25, 0.3) is 0 Å². The summed E-state index contributed by atoms with van der Waals surface area (Å²) in [5.41, 5.74) is 2.95. The molecular weight excluding hydrogens is 220 g/mol. The maximum absolute atomic E-state index is 5.74. The lowest BCUT2D eigenvalue weighted by atomic mass is 10.00. The molecule has 0 saturated carbocycles. The predicted molar refractivity (Wildman–Crippen MR) is 71.9 cm³/mol. The van der Waals surface area contributed by atoms with Crippen molar-refractivity contribution < 1.29 is 0 Å². The van der Waals surface area contributed by atoms with Crippen molar-refractivity contribution >= 4 is 11.6 Å². The maximum Gasteiger partial charge on any atom is 0.0205 e. The lowest BCUT2D eigenvalue weighted by Crippen LogP contribution is -2.55. The summed E-state index contributed by atoms with van der Waals surface area (Å²) in [6.45, 7) is 12.2. The summed E-state index contributed by atoms with van der Waals surface area (Å²) in [5, 5.41) is 3.63. The van der Waals surface area contributed by atoms with Crippen molar-refractivity contribution in [3.05, 3.63) is 11.1 Å². The van der Waals surface area contributed by atoms with E-state index in [1.165, 1.54) is 12.0 Å². The molecule has 1 rings (SSSR count). The summed E-state index contributed by atoms with van der Waals surface area (Å²) in [4.78, 5) is 2.53. The molecule has 0 bridgehead atoms. The van der Waals surface area contributed by atoms with Gasteiger partial charge in [-0.05, 0) is 31.8 Å². The first-order valence-corrected chi connectivity index (χ1v) is 6.69. The highest BCUT2D eigenvalue weighted by Crippen LogP contribution is 2.14. The van der Waals surface area contributed by atoms with Crippen LogP contribution in [0.4, 0.5) is 0 Å². The van der Waals surface area contributed by atoms with Gasteiger partial charge in [-0.25, -0.2) is 0 Å². The van der Waals surface area contributed by atoms with E-state index in [1.807, 2.05) is 0 Å². The van der Waals surface area contributed by atoms with Crippen LogP contribution < -0.4 is 5.32 Å². The van der Waals surface area contributed by atoms with E-state index in [9.17, 15) is 0 Å². The van der Waals surface area contributed by atoms with E-state index < -0.39 is 0 Å². The van der Waals surface area contributed by atoms with Crippen LogP contribution in [0, 0.1) is 5.92 Å². The van der Waals surface area contributed by atoms with E-state index in [0.29, 0.717) is 12.1 Å². The number of hydrogen-bond donors (Lipinski definition) is 1. The number of nitrogens with one attached hydrogen (secondary N) is 1. The van der Waals surface area contributed by atoms with Crippen LogP contribution in [0.1, 0.15) is 34.1 Å². The van der Waals surface area contributed by atoms with Crippen molar-refractivity contribution in [2.75, 3.05) is 19.6 Å². The molecule has 0 aliphatic carbocycles. The van der Waals surface area contributed by atoms with Gasteiger partial charge in [0.05, 0.1) is 0 Å². The molecule has 0 radical (unpaired) electrons. The molecule has 0 aromatic rings. The minimum Gasteiger partial charge on any atom is -0.311 e. The van der Waals surface area contributed by atoms with Crippen molar-refractivity contribution in [3.63, 3.8) is 0 Å². The van der Waals surface area contributed by atoms with Crippen LogP contribution in [0.3, 0.4) is 0 Å². The monoisotopic (exact) mass is 244 g/mol. The third kappa shape index (κ3) is 4.44. The van der Waals surface area contributed by atoms with E-state index in [1.54, 1.807) is 5.54 Å². The van der Waals surface area contributed by atoms with E-state index in [2.05, 4.69) is 37.9 Å². The Morgan fingerprint density at radius 2 is 2.25 bits per heavy atom. The number of nitrogens with zero attached hydrogens (tertiary/aromatic N) is 1. The van der Waals surface area contributed by atoms with Crippen molar-refractivity contribution in [2.45, 2.75) is 46.2 Å². The van der Waals surface area contributed by atoms with Crippen LogP contribution >= 0.6 is 11.6 Å². The Labute approximate surface area is 105 Å². The molecule has 2 atom stereocenters. The van der Waals surface area contributed by atoms with Gasteiger partial charge in [-0.2, -0.15) is 0 Å². The van der Waals surface area contributed by atoms with Gasteiger partial charge < -0.3 is 5.32 Å². The Bertz CT molecular complexity index is 238. The fraction of sp³-hybridized carbons (Fsp3) is 0.846. The Morgan fingerprint density at radius 1 is 1.56 bits per heavy atom. The van der Waals surface area contributed by atoms with Crippen molar-refractivity contribution in [1.29, 1.82) is 0 Å². The molecule has 1 aliphatic heterocycles. The number of hydrogen-bond acceptors (Lipinski definition) is 2. The molecule has 3 heteroatoms. The largest absolute Gasteiger partial charge is 0.311 e. The van der Waals surface area contributed by atoms with Crippen LogP contribution in [0.2, 0.25) is 0 Å². The van der Waals surface area contributed by atoms with Crippen LogP contribution in [-0.4, -0.2) is 36.6 Å². The quantitative estimate of drug-likeness (QED) is 0.818. The van der Waals surface area contributed by atoms with Crippen molar-refractivity contribution in [1.82, 2.24) is 10.2 Å². The number of piperazine rings is 1. The molecular formula is C13H25ClN2. The first-order chi connectivity index (χ1) is 7.52. The minimum atomic E-state index is 0.606. The summed E-state index contributed by atoms with van der Waals surface area (Å²) < 4.78 is 0. The average molecular weight is 245 g/mol. The van der Waals surface area contributed by atoms with Gasteiger partial charge in [0.15, 0.2) is 0 Å². The third-order valence-corrected chi connectivity index (χ3v) is 3.55. The normalized spacial score (nSPS) is 28.8. The van der Waals surface area contributed by atoms with Gasteiger partial charge >= 0.3 is 0 Å². The van der Waals surface area contributed by atoms with E-state index in [4.69, 9.17) is 11.6 Å². The molecule has 1 N–H and O–H groups in total. The Hall–Kier alpha value is -0.0500. The lowest BCUT2D eigenvalue weighted by Gasteiger charge is -2.39. The summed E-state index contributed by atoms with van der Waals surface area (Å²) in [6, 6.07) is 1.24. The highest BCUT2D eigenvalue weighted by Gasteiger charge is 2.24. The van der Waals surface area contributed by atoms with Gasteiger partial charge in [-0.15, -0.1) is 0 Å². The number of rotatable bonds is 4. The molecule has 1 fully saturated rings. The van der Waals surface area contributed by atoms with Gasteiger partial charge in [-0.3, -0.25) is 4.90 Å². The summed E-state index contributed by atoms with van der Waals surface area (Å²) in [5.74, 6) is 0.762. The molecule has 0 aromatic heterocycles. The van der Waals surface area contributed by atoms with Crippen LogP contribution in [0.25, 0.3) is 0 Å². The van der Waals surface area contributed by atoms with Crippen LogP contribution in [0.15, 0.2) is 11.1 Å². The molecule has 16 heavy (non-hydrogen) atoms. The molecule has 0 spiro atoms. The van der Waals surface area contributed by atoms with Gasteiger partial charge in [0.2, 0.25) is 0 Å². The van der Waals surface area contributed by atoms with E-state index in [-0.39, 0.29) is 0 Å². The van der Waals surface area contributed by atoms with Gasteiger partial charge in [0.1, 0.15) is 0 Å². The molecule has 1 heterocycles. The zero-order chi connectivity index (χ0) is 12.1. The molecule has 1 aliphatic rings. The molecule has 1 saturated heterocycles. The molecule has 94 valence electrons. The fourth-order valence-corrected chi connectivity index (χ4v) is 2.37. The standard InChI is InChI=1S/C13H25ClN2/c1-10(2)5-13-9-16(8-11(3)6-14)12(4)7-15-13/h6,10,12-13,15H,5,7-9H2,1-4H3. The maximum atomic E-state index is 5.74. The van der Waals surface area contributed by atoms with Gasteiger partial charge in [0, 0.05) is 37.3 Å². The Balaban J connectivity index is 2.48. The van der Waals surface area contributed by atoms with Crippen LogP contribution in [-0.2, 0) is 0 Å². The fourth-order valence-electron chi connectivity index (χ4n) is 2.30. The summed E-state index contributed by atoms with van der Waals surface area (Å²) in [7, 11) is 0. The predicted octanol–water partition coefficient (Wildman–Crippen LogP) is 2.84. The zero-order valence-corrected chi connectivity index (χ0v) is 11.7. The van der Waals surface area contributed by atoms with E-state index in [0.717, 1.165) is 25.6 Å². The zero-order valence-electron chi connectivity index (χ0n) is 11.0. The molecule has 0 amide bonds. The minimum absolute atomic E-state index is 0.606. The molecule has 2 unspecified atom stereocenters. The summed E-state index contributed by atoms with van der Waals surface area (Å²) in [6.07, 6.45) is 1.26.